The zero-order valence-electron chi connectivity index (χ0n) is 7.58. The van der Waals surface area contributed by atoms with Gasteiger partial charge in [-0.3, -0.25) is 0 Å². The monoisotopic (exact) mass is 165 g/mol. The fraction of sp³-hybridized carbons (Fsp3) is 0.600. The van der Waals surface area contributed by atoms with Gasteiger partial charge in [-0.05, 0) is 23.8 Å². The highest BCUT2D eigenvalue weighted by atomic mass is 16.3. The second-order valence-electron chi connectivity index (χ2n) is 4.38. The molecule has 2 unspecified atom stereocenters. The second-order valence-corrected chi connectivity index (χ2v) is 4.38. The van der Waals surface area contributed by atoms with Crippen LogP contribution in [-0.4, -0.2) is 0 Å². The van der Waals surface area contributed by atoms with E-state index in [1.807, 2.05) is 6.07 Å². The lowest BCUT2D eigenvalue weighted by Crippen LogP contribution is -2.14. The highest BCUT2D eigenvalue weighted by Crippen LogP contribution is 2.56. The molecule has 12 heavy (non-hydrogen) atoms. The lowest BCUT2D eigenvalue weighted by molar-refractivity contribution is 0.484. The molecule has 2 nitrogen and oxygen atoms in total. The Labute approximate surface area is 72.7 Å². The quantitative estimate of drug-likeness (QED) is 0.730. The van der Waals surface area contributed by atoms with E-state index in [-0.39, 0.29) is 6.04 Å². The number of hydrogen-bond acceptors (Lipinski definition) is 2. The summed E-state index contributed by atoms with van der Waals surface area (Å²) < 4.78 is 5.00. The van der Waals surface area contributed by atoms with Crippen LogP contribution in [-0.2, 0) is 0 Å². The lowest BCUT2D eigenvalue weighted by Gasteiger charge is -2.10. The Morgan fingerprint density at radius 1 is 1.67 bits per heavy atom. The molecule has 0 amide bonds. The standard InChI is InChI=1S/C10H15NO/c1-10(2)5-8(10)9(11)7-3-4-12-6-7/h3-4,6,8-9H,5,11H2,1-2H3. The maximum atomic E-state index is 6.06. The maximum Gasteiger partial charge on any atom is 0.0950 e. The molecule has 2 N–H and O–H groups in total. The predicted octanol–water partition coefficient (Wildman–Crippen LogP) is 2.33. The van der Waals surface area contributed by atoms with Crippen molar-refractivity contribution in [1.82, 2.24) is 0 Å². The first kappa shape index (κ1) is 7.87. The van der Waals surface area contributed by atoms with Crippen LogP contribution in [0, 0.1) is 11.3 Å². The van der Waals surface area contributed by atoms with Gasteiger partial charge in [0.2, 0.25) is 0 Å². The molecular weight excluding hydrogens is 150 g/mol. The highest BCUT2D eigenvalue weighted by molar-refractivity contribution is 5.17. The Bertz CT molecular complexity index is 263. The minimum absolute atomic E-state index is 0.166. The van der Waals surface area contributed by atoms with E-state index < -0.39 is 0 Å². The molecule has 2 atom stereocenters. The molecule has 66 valence electrons. The van der Waals surface area contributed by atoms with Gasteiger partial charge in [0.1, 0.15) is 0 Å². The van der Waals surface area contributed by atoms with E-state index in [0.717, 1.165) is 5.56 Å². The normalized spacial score (nSPS) is 28.4. The topological polar surface area (TPSA) is 39.2 Å². The van der Waals surface area contributed by atoms with E-state index in [2.05, 4.69) is 13.8 Å². The van der Waals surface area contributed by atoms with Gasteiger partial charge in [-0.1, -0.05) is 13.8 Å². The summed E-state index contributed by atoms with van der Waals surface area (Å²) in [6.07, 6.45) is 4.67. The molecule has 0 aromatic carbocycles. The Balaban J connectivity index is 2.08. The first-order chi connectivity index (χ1) is 5.61. The molecule has 0 spiro atoms. The summed E-state index contributed by atoms with van der Waals surface area (Å²) in [5.41, 5.74) is 7.63. The van der Waals surface area contributed by atoms with Gasteiger partial charge in [-0.15, -0.1) is 0 Å². The number of hydrogen-bond donors (Lipinski definition) is 1. The lowest BCUT2D eigenvalue weighted by atomic mass is 10.0. The molecule has 0 aliphatic heterocycles. The van der Waals surface area contributed by atoms with Crippen LogP contribution >= 0.6 is 0 Å². The third-order valence-corrected chi connectivity index (χ3v) is 2.95. The van der Waals surface area contributed by atoms with Crippen LogP contribution in [0.1, 0.15) is 31.9 Å². The number of rotatable bonds is 2. The molecule has 2 rings (SSSR count). The van der Waals surface area contributed by atoms with E-state index in [9.17, 15) is 0 Å². The van der Waals surface area contributed by atoms with Gasteiger partial charge in [0.15, 0.2) is 0 Å². The number of nitrogens with two attached hydrogens (primary N) is 1. The summed E-state index contributed by atoms with van der Waals surface area (Å²) in [5, 5.41) is 0. The van der Waals surface area contributed by atoms with Gasteiger partial charge in [0, 0.05) is 11.6 Å². The Hall–Kier alpha value is -0.760. The maximum absolute atomic E-state index is 6.06. The molecule has 2 heteroatoms. The molecule has 1 heterocycles. The van der Waals surface area contributed by atoms with Crippen molar-refractivity contribution in [3.8, 4) is 0 Å². The van der Waals surface area contributed by atoms with Crippen molar-refractivity contribution in [3.05, 3.63) is 24.2 Å². The van der Waals surface area contributed by atoms with E-state index in [0.29, 0.717) is 11.3 Å². The van der Waals surface area contributed by atoms with Crippen molar-refractivity contribution < 1.29 is 4.42 Å². The van der Waals surface area contributed by atoms with E-state index in [4.69, 9.17) is 10.2 Å². The largest absolute Gasteiger partial charge is 0.472 e. The van der Waals surface area contributed by atoms with Crippen molar-refractivity contribution in [2.45, 2.75) is 26.3 Å². The predicted molar refractivity (Wildman–Crippen MR) is 47.5 cm³/mol. The molecule has 1 fully saturated rings. The molecule has 1 aliphatic carbocycles. The van der Waals surface area contributed by atoms with Gasteiger partial charge in [-0.2, -0.15) is 0 Å². The van der Waals surface area contributed by atoms with Crippen LogP contribution in [0.2, 0.25) is 0 Å². The van der Waals surface area contributed by atoms with Crippen molar-refractivity contribution in [2.24, 2.45) is 17.1 Å². The van der Waals surface area contributed by atoms with Gasteiger partial charge in [-0.25, -0.2) is 0 Å². The Kier molecular flexibility index (Phi) is 1.55. The van der Waals surface area contributed by atoms with Gasteiger partial charge < -0.3 is 10.2 Å². The molecule has 0 saturated heterocycles. The zero-order chi connectivity index (χ0) is 8.77. The minimum atomic E-state index is 0.166. The van der Waals surface area contributed by atoms with Crippen LogP contribution in [0.25, 0.3) is 0 Å². The summed E-state index contributed by atoms with van der Waals surface area (Å²) in [6, 6.07) is 2.12. The zero-order valence-corrected chi connectivity index (χ0v) is 7.58. The summed E-state index contributed by atoms with van der Waals surface area (Å²) in [5.74, 6) is 0.634. The first-order valence-electron chi connectivity index (χ1n) is 4.39. The summed E-state index contributed by atoms with van der Waals surface area (Å²) in [7, 11) is 0. The van der Waals surface area contributed by atoms with Gasteiger partial charge in [0.05, 0.1) is 12.5 Å². The minimum Gasteiger partial charge on any atom is -0.472 e. The average Bonchev–Trinajstić information content (AvgIpc) is 2.56. The molecule has 0 bridgehead atoms. The van der Waals surface area contributed by atoms with Crippen LogP contribution < -0.4 is 5.73 Å². The Morgan fingerprint density at radius 2 is 2.33 bits per heavy atom. The third-order valence-electron chi connectivity index (χ3n) is 2.95. The molecule has 1 aliphatic rings. The SMILES string of the molecule is CC1(C)CC1C(N)c1ccoc1. The summed E-state index contributed by atoms with van der Waals surface area (Å²) in [6.45, 7) is 4.52. The fourth-order valence-electron chi connectivity index (χ4n) is 1.82. The Morgan fingerprint density at radius 3 is 2.75 bits per heavy atom. The fourth-order valence-corrected chi connectivity index (χ4v) is 1.82. The molecule has 0 radical (unpaired) electrons. The van der Waals surface area contributed by atoms with Crippen molar-refractivity contribution in [3.63, 3.8) is 0 Å². The van der Waals surface area contributed by atoms with E-state index in [1.165, 1.54) is 6.42 Å². The van der Waals surface area contributed by atoms with E-state index >= 15 is 0 Å². The molecule has 1 saturated carbocycles. The average molecular weight is 165 g/mol. The van der Waals surface area contributed by atoms with Gasteiger partial charge in [0.25, 0.3) is 0 Å². The van der Waals surface area contributed by atoms with Crippen molar-refractivity contribution in [2.75, 3.05) is 0 Å². The van der Waals surface area contributed by atoms with Gasteiger partial charge >= 0.3 is 0 Å². The highest BCUT2D eigenvalue weighted by Gasteiger charge is 2.49. The summed E-state index contributed by atoms with van der Waals surface area (Å²) in [4.78, 5) is 0. The smallest absolute Gasteiger partial charge is 0.0950 e. The van der Waals surface area contributed by atoms with Crippen LogP contribution in [0.15, 0.2) is 23.0 Å². The second kappa shape index (κ2) is 2.36. The first-order valence-corrected chi connectivity index (χ1v) is 4.39. The molecule has 1 aromatic rings. The van der Waals surface area contributed by atoms with Crippen LogP contribution in [0.3, 0.4) is 0 Å². The molecular formula is C10H15NO. The van der Waals surface area contributed by atoms with Crippen molar-refractivity contribution >= 4 is 0 Å². The van der Waals surface area contributed by atoms with Crippen LogP contribution in [0.4, 0.5) is 0 Å². The molecule has 1 aromatic heterocycles. The van der Waals surface area contributed by atoms with Crippen molar-refractivity contribution in [1.29, 1.82) is 0 Å². The van der Waals surface area contributed by atoms with Crippen LogP contribution in [0.5, 0.6) is 0 Å². The summed E-state index contributed by atoms with van der Waals surface area (Å²) >= 11 is 0. The van der Waals surface area contributed by atoms with E-state index in [1.54, 1.807) is 12.5 Å². The third kappa shape index (κ3) is 1.16. The number of furan rings is 1.